The summed E-state index contributed by atoms with van der Waals surface area (Å²) >= 11 is 0. The van der Waals surface area contributed by atoms with E-state index in [9.17, 15) is 13.2 Å². The zero-order chi connectivity index (χ0) is 19.0. The Balaban J connectivity index is 1.28. The highest BCUT2D eigenvalue weighted by Gasteiger charge is 2.51. The normalized spacial score (nSPS) is 36.6. The van der Waals surface area contributed by atoms with Gasteiger partial charge in [0.15, 0.2) is 29.5 Å². The smallest absolute Gasteiger partial charge is 0.194 e. The van der Waals surface area contributed by atoms with E-state index < -0.39 is 17.5 Å². The topological polar surface area (TPSA) is 18.5 Å². The molecule has 1 heterocycles. The molecular formula is C22H29F3O2. The molecule has 4 rings (SSSR count). The van der Waals surface area contributed by atoms with Gasteiger partial charge in [-0.05, 0) is 87.8 Å². The molecule has 3 fully saturated rings. The van der Waals surface area contributed by atoms with Crippen molar-refractivity contribution in [1.29, 1.82) is 0 Å². The number of hydrogen-bond acceptors (Lipinski definition) is 2. The molecule has 27 heavy (non-hydrogen) atoms. The molecule has 1 spiro atoms. The van der Waals surface area contributed by atoms with Gasteiger partial charge in [-0.2, -0.15) is 0 Å². The second kappa shape index (κ2) is 7.75. The van der Waals surface area contributed by atoms with Gasteiger partial charge in [-0.15, -0.1) is 0 Å². The molecule has 150 valence electrons. The van der Waals surface area contributed by atoms with Gasteiger partial charge in [-0.1, -0.05) is 6.42 Å². The molecule has 5 heteroatoms. The van der Waals surface area contributed by atoms with E-state index in [1.807, 2.05) is 6.92 Å². The third-order valence-corrected chi connectivity index (χ3v) is 6.93. The van der Waals surface area contributed by atoms with Gasteiger partial charge >= 0.3 is 0 Å². The van der Waals surface area contributed by atoms with Gasteiger partial charge in [0.25, 0.3) is 0 Å². The van der Waals surface area contributed by atoms with Crippen LogP contribution in [0.15, 0.2) is 12.1 Å². The van der Waals surface area contributed by atoms with Crippen LogP contribution in [0.4, 0.5) is 13.2 Å². The zero-order valence-electron chi connectivity index (χ0n) is 16.0. The van der Waals surface area contributed by atoms with Crippen molar-refractivity contribution in [2.24, 2.45) is 11.8 Å². The summed E-state index contributed by atoms with van der Waals surface area (Å²) in [4.78, 5) is 0. The van der Waals surface area contributed by atoms with Crippen LogP contribution < -0.4 is 0 Å². The van der Waals surface area contributed by atoms with E-state index in [4.69, 9.17) is 9.47 Å². The maximum Gasteiger partial charge on any atom is 0.194 e. The summed E-state index contributed by atoms with van der Waals surface area (Å²) in [6.45, 7) is 1.96. The van der Waals surface area contributed by atoms with Crippen LogP contribution in [-0.4, -0.2) is 12.1 Å². The second-order valence-corrected chi connectivity index (χ2v) is 8.65. The molecule has 2 saturated carbocycles. The Hall–Kier alpha value is -1.07. The molecule has 1 aromatic rings. The minimum atomic E-state index is -1.37. The van der Waals surface area contributed by atoms with Gasteiger partial charge < -0.3 is 9.47 Å². The first kappa shape index (κ1) is 19.3. The molecule has 1 aliphatic heterocycles. The second-order valence-electron chi connectivity index (χ2n) is 8.65. The summed E-state index contributed by atoms with van der Waals surface area (Å²) in [7, 11) is 0. The first-order valence-electron chi connectivity index (χ1n) is 10.5. The Labute approximate surface area is 159 Å². The third-order valence-electron chi connectivity index (χ3n) is 6.93. The monoisotopic (exact) mass is 382 g/mol. The molecule has 0 radical (unpaired) electrons. The van der Waals surface area contributed by atoms with Gasteiger partial charge in [0.2, 0.25) is 0 Å². The summed E-state index contributed by atoms with van der Waals surface area (Å²) in [5.41, 5.74) is 0.598. The molecule has 1 unspecified atom stereocenters. The highest BCUT2D eigenvalue weighted by Crippen LogP contribution is 2.48. The van der Waals surface area contributed by atoms with Gasteiger partial charge in [-0.3, -0.25) is 0 Å². The lowest BCUT2D eigenvalue weighted by Crippen LogP contribution is -2.58. The minimum absolute atomic E-state index is 0.0717. The van der Waals surface area contributed by atoms with E-state index in [1.54, 1.807) is 0 Å². The predicted octanol–water partition coefficient (Wildman–Crippen LogP) is 6.44. The van der Waals surface area contributed by atoms with Crippen molar-refractivity contribution in [1.82, 2.24) is 0 Å². The van der Waals surface area contributed by atoms with Crippen molar-refractivity contribution in [3.63, 3.8) is 0 Å². The summed E-state index contributed by atoms with van der Waals surface area (Å²) in [5.74, 6) is -2.59. The molecule has 0 amide bonds. The van der Waals surface area contributed by atoms with Crippen molar-refractivity contribution in [3.05, 3.63) is 35.1 Å². The molecule has 2 aliphatic carbocycles. The molecule has 3 aliphatic rings. The van der Waals surface area contributed by atoms with E-state index >= 15 is 0 Å². The van der Waals surface area contributed by atoms with Crippen LogP contribution in [0, 0.1) is 29.3 Å². The van der Waals surface area contributed by atoms with Crippen LogP contribution in [-0.2, 0) is 9.47 Å². The Morgan fingerprint density at radius 3 is 2.22 bits per heavy atom. The average Bonchev–Trinajstić information content (AvgIpc) is 2.64. The fraction of sp³-hybridized carbons (Fsp3) is 0.727. The van der Waals surface area contributed by atoms with Crippen molar-refractivity contribution in [2.75, 3.05) is 0 Å². The summed E-state index contributed by atoms with van der Waals surface area (Å²) in [5, 5.41) is 0. The standard InChI is InChI=1S/C22H29F3O2/c1-14-26-22(27-14)11-3-2-4-18(22)10-7-15-5-8-16(9-6-15)17-12-19(23)21(25)20(24)13-17/h12-16,18H,2-11H2,1H3. The summed E-state index contributed by atoms with van der Waals surface area (Å²) < 4.78 is 52.2. The first-order chi connectivity index (χ1) is 13.0. The van der Waals surface area contributed by atoms with Crippen LogP contribution in [0.25, 0.3) is 0 Å². The lowest BCUT2D eigenvalue weighted by Gasteiger charge is -2.53. The fourth-order valence-electron chi connectivity index (χ4n) is 5.46. The van der Waals surface area contributed by atoms with Gasteiger partial charge in [-0.25, -0.2) is 13.2 Å². The molecule has 1 atom stereocenters. The number of rotatable bonds is 4. The Morgan fingerprint density at radius 1 is 0.926 bits per heavy atom. The van der Waals surface area contributed by atoms with Gasteiger partial charge in [0, 0.05) is 12.3 Å². The zero-order valence-corrected chi connectivity index (χ0v) is 16.0. The SMILES string of the molecule is CC1OC2(CCCCC2CCC2CCC(c3cc(F)c(F)c(F)c3)CC2)O1. The van der Waals surface area contributed by atoms with E-state index in [1.165, 1.54) is 31.4 Å². The lowest BCUT2D eigenvalue weighted by atomic mass is 9.73. The van der Waals surface area contributed by atoms with E-state index in [0.717, 1.165) is 44.9 Å². The maximum atomic E-state index is 13.5. The van der Waals surface area contributed by atoms with Crippen molar-refractivity contribution in [3.8, 4) is 0 Å². The molecular weight excluding hydrogens is 353 g/mol. The van der Waals surface area contributed by atoms with Crippen LogP contribution >= 0.6 is 0 Å². The quantitative estimate of drug-likeness (QED) is 0.558. The lowest BCUT2D eigenvalue weighted by molar-refractivity contribution is -0.470. The molecule has 0 bridgehead atoms. The fourth-order valence-corrected chi connectivity index (χ4v) is 5.46. The van der Waals surface area contributed by atoms with Gasteiger partial charge in [0.05, 0.1) is 0 Å². The van der Waals surface area contributed by atoms with E-state index in [2.05, 4.69) is 0 Å². The highest BCUT2D eigenvalue weighted by atomic mass is 19.2. The molecule has 1 saturated heterocycles. The molecule has 2 nitrogen and oxygen atoms in total. The van der Waals surface area contributed by atoms with Crippen molar-refractivity contribution >= 4 is 0 Å². The van der Waals surface area contributed by atoms with Crippen LogP contribution in [0.1, 0.15) is 82.6 Å². The summed E-state index contributed by atoms with van der Waals surface area (Å²) in [6.07, 6.45) is 10.8. The van der Waals surface area contributed by atoms with E-state index in [-0.39, 0.29) is 18.0 Å². The third kappa shape index (κ3) is 3.91. The Morgan fingerprint density at radius 2 is 1.59 bits per heavy atom. The first-order valence-corrected chi connectivity index (χ1v) is 10.5. The van der Waals surface area contributed by atoms with Crippen LogP contribution in [0.5, 0.6) is 0 Å². The number of halogens is 3. The van der Waals surface area contributed by atoms with Crippen LogP contribution in [0.3, 0.4) is 0 Å². The Kier molecular flexibility index (Phi) is 5.52. The predicted molar refractivity (Wildman–Crippen MR) is 96.6 cm³/mol. The number of hydrogen-bond donors (Lipinski definition) is 0. The maximum absolute atomic E-state index is 13.5. The Bertz CT molecular complexity index is 635. The van der Waals surface area contributed by atoms with Crippen molar-refractivity contribution in [2.45, 2.75) is 89.1 Å². The van der Waals surface area contributed by atoms with E-state index in [0.29, 0.717) is 17.4 Å². The van der Waals surface area contributed by atoms with Crippen molar-refractivity contribution < 1.29 is 22.6 Å². The number of ether oxygens (including phenoxy) is 2. The largest absolute Gasteiger partial charge is 0.321 e. The molecule has 0 aromatic heterocycles. The van der Waals surface area contributed by atoms with Crippen LogP contribution in [0.2, 0.25) is 0 Å². The van der Waals surface area contributed by atoms with Gasteiger partial charge in [0.1, 0.15) is 0 Å². The average molecular weight is 382 g/mol. The summed E-state index contributed by atoms with van der Waals surface area (Å²) in [6, 6.07) is 2.34. The number of benzene rings is 1. The highest BCUT2D eigenvalue weighted by molar-refractivity contribution is 5.23. The minimum Gasteiger partial charge on any atom is -0.321 e. The molecule has 1 aromatic carbocycles. The molecule has 0 N–H and O–H groups in total.